The van der Waals surface area contributed by atoms with E-state index in [4.69, 9.17) is 0 Å². The molecule has 0 atom stereocenters. The van der Waals surface area contributed by atoms with E-state index in [0.717, 1.165) is 0 Å². The molecule has 0 amide bonds. The van der Waals surface area contributed by atoms with Gasteiger partial charge in [0, 0.05) is 0 Å². The maximum atomic E-state index is 2.44. The first-order valence-electron chi connectivity index (χ1n) is 18.7. The molecule has 0 saturated heterocycles. The first-order valence-corrected chi connectivity index (χ1v) is 18.7. The molecule has 0 heteroatoms. The lowest BCUT2D eigenvalue weighted by atomic mass is 9.83. The second kappa shape index (κ2) is 13.5. The molecular formula is C54H36. The van der Waals surface area contributed by atoms with Crippen molar-refractivity contribution in [2.24, 2.45) is 0 Å². The van der Waals surface area contributed by atoms with E-state index in [0.29, 0.717) is 0 Å². The van der Waals surface area contributed by atoms with Gasteiger partial charge in [0.15, 0.2) is 0 Å². The smallest absolute Gasteiger partial charge is 0.00261 e. The standard InChI is InChI=1S/C54H36/c1-3-15-37(16-4-1)39-27-30-40(31-28-39)46-34-33-44(36-52(46)47-22-10-9-21-45(47)43-32-29-38-17-7-8-20-42(38)35-43)54-50-25-13-11-23-48(50)53(41-18-5-2-6-19-41)49-24-12-14-26-51(49)54/h1-36H. The van der Waals surface area contributed by atoms with Gasteiger partial charge in [0.05, 0.1) is 0 Å². The van der Waals surface area contributed by atoms with Crippen LogP contribution in [-0.4, -0.2) is 0 Å². The summed E-state index contributed by atoms with van der Waals surface area (Å²) in [6.07, 6.45) is 0. The van der Waals surface area contributed by atoms with Crippen LogP contribution in [0.4, 0.5) is 0 Å². The average molecular weight is 685 g/mol. The zero-order chi connectivity index (χ0) is 35.8. The lowest BCUT2D eigenvalue weighted by molar-refractivity contribution is 1.56. The van der Waals surface area contributed by atoms with E-state index in [1.54, 1.807) is 0 Å². The summed E-state index contributed by atoms with van der Waals surface area (Å²) in [4.78, 5) is 0. The van der Waals surface area contributed by atoms with Crippen molar-refractivity contribution in [2.45, 2.75) is 0 Å². The van der Waals surface area contributed by atoms with Crippen molar-refractivity contribution in [3.05, 3.63) is 218 Å². The van der Waals surface area contributed by atoms with Crippen molar-refractivity contribution < 1.29 is 0 Å². The SMILES string of the molecule is c1ccc(-c2ccc(-c3ccc(-c4c5ccccc5c(-c5ccccc5)c5ccccc45)cc3-c3ccccc3-c3ccc4ccccc4c3)cc2)cc1. The summed E-state index contributed by atoms with van der Waals surface area (Å²) in [6, 6.07) is 79.8. The second-order valence-electron chi connectivity index (χ2n) is 14.0. The van der Waals surface area contributed by atoms with Crippen molar-refractivity contribution in [3.63, 3.8) is 0 Å². The minimum Gasteiger partial charge on any atom is -0.0622 e. The van der Waals surface area contributed by atoms with Gasteiger partial charge < -0.3 is 0 Å². The van der Waals surface area contributed by atoms with Crippen molar-refractivity contribution >= 4 is 32.3 Å². The van der Waals surface area contributed by atoms with E-state index < -0.39 is 0 Å². The van der Waals surface area contributed by atoms with Gasteiger partial charge in [-0.1, -0.05) is 206 Å². The molecule has 0 spiro atoms. The highest BCUT2D eigenvalue weighted by atomic mass is 14.2. The number of benzene rings is 10. The molecular weight excluding hydrogens is 649 g/mol. The molecule has 10 rings (SSSR count). The predicted molar refractivity (Wildman–Crippen MR) is 232 cm³/mol. The Labute approximate surface area is 316 Å². The lowest BCUT2D eigenvalue weighted by Gasteiger charge is -2.20. The molecule has 0 unspecified atom stereocenters. The number of fused-ring (bicyclic) bond motifs is 3. The number of rotatable bonds is 6. The third-order valence-electron chi connectivity index (χ3n) is 10.9. The lowest BCUT2D eigenvalue weighted by Crippen LogP contribution is -1.93. The maximum absolute atomic E-state index is 2.44. The molecule has 0 aliphatic heterocycles. The van der Waals surface area contributed by atoms with Gasteiger partial charge in [-0.3, -0.25) is 0 Å². The Morgan fingerprint density at radius 2 is 0.611 bits per heavy atom. The Hall–Kier alpha value is -7.02. The quantitative estimate of drug-likeness (QED) is 0.153. The summed E-state index contributed by atoms with van der Waals surface area (Å²) in [5.74, 6) is 0. The Balaban J connectivity index is 1.23. The van der Waals surface area contributed by atoms with Crippen LogP contribution < -0.4 is 0 Å². The van der Waals surface area contributed by atoms with Crippen molar-refractivity contribution in [1.82, 2.24) is 0 Å². The fourth-order valence-electron chi connectivity index (χ4n) is 8.33. The highest BCUT2D eigenvalue weighted by molar-refractivity contribution is 6.21. The van der Waals surface area contributed by atoms with Crippen molar-refractivity contribution in [2.75, 3.05) is 0 Å². The van der Waals surface area contributed by atoms with Crippen LogP contribution in [0.15, 0.2) is 218 Å². The van der Waals surface area contributed by atoms with E-state index in [1.165, 1.54) is 99.1 Å². The molecule has 0 aliphatic carbocycles. The zero-order valence-corrected chi connectivity index (χ0v) is 29.8. The van der Waals surface area contributed by atoms with Crippen LogP contribution in [0.2, 0.25) is 0 Å². The van der Waals surface area contributed by atoms with Gasteiger partial charge in [0.25, 0.3) is 0 Å². The normalized spacial score (nSPS) is 11.3. The van der Waals surface area contributed by atoms with Gasteiger partial charge in [-0.05, 0) is 111 Å². The minimum atomic E-state index is 1.19. The van der Waals surface area contributed by atoms with Crippen LogP contribution in [0.1, 0.15) is 0 Å². The van der Waals surface area contributed by atoms with Gasteiger partial charge in [0.1, 0.15) is 0 Å². The number of hydrogen-bond donors (Lipinski definition) is 0. The van der Waals surface area contributed by atoms with Crippen molar-refractivity contribution in [3.8, 4) is 66.8 Å². The fourth-order valence-corrected chi connectivity index (χ4v) is 8.33. The molecule has 10 aromatic rings. The molecule has 0 bridgehead atoms. The maximum Gasteiger partial charge on any atom is -0.00261 e. The topological polar surface area (TPSA) is 0 Å². The molecule has 0 radical (unpaired) electrons. The Bertz CT molecular complexity index is 2900. The van der Waals surface area contributed by atoms with Crippen LogP contribution in [0, 0.1) is 0 Å². The Kier molecular flexibility index (Phi) is 7.93. The summed E-state index contributed by atoms with van der Waals surface area (Å²) in [7, 11) is 0. The summed E-state index contributed by atoms with van der Waals surface area (Å²) in [5, 5.41) is 7.52. The molecule has 0 heterocycles. The van der Waals surface area contributed by atoms with Crippen LogP contribution >= 0.6 is 0 Å². The van der Waals surface area contributed by atoms with Crippen molar-refractivity contribution in [1.29, 1.82) is 0 Å². The molecule has 0 aliphatic rings. The van der Waals surface area contributed by atoms with Gasteiger partial charge in [0.2, 0.25) is 0 Å². The van der Waals surface area contributed by atoms with E-state index in [-0.39, 0.29) is 0 Å². The second-order valence-corrected chi connectivity index (χ2v) is 14.0. The molecule has 252 valence electrons. The van der Waals surface area contributed by atoms with Crippen LogP contribution in [0.5, 0.6) is 0 Å². The fraction of sp³-hybridized carbons (Fsp3) is 0. The molecule has 0 aromatic heterocycles. The van der Waals surface area contributed by atoms with Crippen LogP contribution in [-0.2, 0) is 0 Å². The molecule has 10 aromatic carbocycles. The third kappa shape index (κ3) is 5.57. The first kappa shape index (κ1) is 31.7. The molecule has 0 saturated carbocycles. The van der Waals surface area contributed by atoms with Gasteiger partial charge in [-0.2, -0.15) is 0 Å². The monoisotopic (exact) mass is 684 g/mol. The largest absolute Gasteiger partial charge is 0.0622 e. The molecule has 0 fully saturated rings. The Morgan fingerprint density at radius 3 is 1.26 bits per heavy atom. The highest BCUT2D eigenvalue weighted by Crippen LogP contribution is 2.46. The molecule has 0 nitrogen and oxygen atoms in total. The highest BCUT2D eigenvalue weighted by Gasteiger charge is 2.19. The third-order valence-corrected chi connectivity index (χ3v) is 10.9. The van der Waals surface area contributed by atoms with Gasteiger partial charge in [-0.25, -0.2) is 0 Å². The summed E-state index contributed by atoms with van der Waals surface area (Å²) in [6.45, 7) is 0. The summed E-state index contributed by atoms with van der Waals surface area (Å²) >= 11 is 0. The van der Waals surface area contributed by atoms with E-state index in [1.807, 2.05) is 0 Å². The van der Waals surface area contributed by atoms with E-state index in [2.05, 4.69) is 218 Å². The van der Waals surface area contributed by atoms with Gasteiger partial charge in [-0.15, -0.1) is 0 Å². The average Bonchev–Trinajstić information content (AvgIpc) is 3.26. The molecule has 0 N–H and O–H groups in total. The summed E-state index contributed by atoms with van der Waals surface area (Å²) < 4.78 is 0. The number of hydrogen-bond acceptors (Lipinski definition) is 0. The van der Waals surface area contributed by atoms with E-state index >= 15 is 0 Å². The van der Waals surface area contributed by atoms with Crippen LogP contribution in [0.25, 0.3) is 99.1 Å². The first-order chi connectivity index (χ1) is 26.8. The Morgan fingerprint density at radius 1 is 0.185 bits per heavy atom. The van der Waals surface area contributed by atoms with Crippen LogP contribution in [0.3, 0.4) is 0 Å². The predicted octanol–water partition coefficient (Wildman–Crippen LogP) is 15.1. The summed E-state index contributed by atoms with van der Waals surface area (Å²) in [5.41, 5.74) is 14.7. The molecule has 54 heavy (non-hydrogen) atoms. The minimum absolute atomic E-state index is 1.19. The van der Waals surface area contributed by atoms with Gasteiger partial charge >= 0.3 is 0 Å². The van der Waals surface area contributed by atoms with E-state index in [9.17, 15) is 0 Å². The zero-order valence-electron chi connectivity index (χ0n) is 29.8.